The first-order valence-corrected chi connectivity index (χ1v) is 3.26. The predicted octanol–water partition coefficient (Wildman–Crippen LogP) is -0.862. The molecule has 58 valence electrons. The zero-order chi connectivity index (χ0) is 7.78. The van der Waals surface area contributed by atoms with Crippen molar-refractivity contribution in [1.82, 2.24) is 4.90 Å². The fourth-order valence-corrected chi connectivity index (χ4v) is 1.05. The van der Waals surface area contributed by atoms with E-state index >= 15 is 0 Å². The second-order valence-corrected chi connectivity index (χ2v) is 2.64. The standard InChI is InChI=1S/C6H11NO3/c1-2-7-3-6(10,4-7)5(8)9/h10H,2-4H2,1H3,(H,8,9). The van der Waals surface area contributed by atoms with Crippen molar-refractivity contribution < 1.29 is 15.0 Å². The third kappa shape index (κ3) is 0.998. The van der Waals surface area contributed by atoms with Crippen LogP contribution in [0.25, 0.3) is 0 Å². The van der Waals surface area contributed by atoms with Crippen LogP contribution in [0, 0.1) is 0 Å². The van der Waals surface area contributed by atoms with Crippen molar-refractivity contribution in [2.24, 2.45) is 0 Å². The third-order valence-electron chi connectivity index (χ3n) is 1.82. The van der Waals surface area contributed by atoms with E-state index in [1.54, 1.807) is 0 Å². The second kappa shape index (κ2) is 2.21. The topological polar surface area (TPSA) is 60.8 Å². The average Bonchev–Trinajstić information content (AvgIpc) is 1.80. The molecule has 1 heterocycles. The molecule has 0 aromatic heterocycles. The van der Waals surface area contributed by atoms with E-state index in [1.807, 2.05) is 11.8 Å². The maximum atomic E-state index is 10.3. The van der Waals surface area contributed by atoms with E-state index in [9.17, 15) is 4.79 Å². The Hall–Kier alpha value is -0.610. The van der Waals surface area contributed by atoms with Crippen LogP contribution in [0.4, 0.5) is 0 Å². The first-order chi connectivity index (χ1) is 4.58. The molecule has 4 nitrogen and oxygen atoms in total. The van der Waals surface area contributed by atoms with Crippen LogP contribution in [0.2, 0.25) is 0 Å². The Labute approximate surface area is 59.1 Å². The van der Waals surface area contributed by atoms with Crippen LogP contribution in [-0.4, -0.2) is 46.3 Å². The summed E-state index contributed by atoms with van der Waals surface area (Å²) in [4.78, 5) is 12.2. The molecule has 10 heavy (non-hydrogen) atoms. The summed E-state index contributed by atoms with van der Waals surface area (Å²) in [6.07, 6.45) is 0. The minimum absolute atomic E-state index is 0.263. The minimum atomic E-state index is -1.46. The molecule has 4 heteroatoms. The first-order valence-electron chi connectivity index (χ1n) is 3.26. The van der Waals surface area contributed by atoms with Crippen molar-refractivity contribution in [3.05, 3.63) is 0 Å². The SMILES string of the molecule is CCN1CC(O)(C(=O)O)C1. The van der Waals surface area contributed by atoms with E-state index in [0.29, 0.717) is 0 Å². The summed E-state index contributed by atoms with van der Waals surface area (Å²) < 4.78 is 0. The molecule has 1 saturated heterocycles. The van der Waals surface area contributed by atoms with Gasteiger partial charge in [0, 0.05) is 13.1 Å². The zero-order valence-corrected chi connectivity index (χ0v) is 5.87. The van der Waals surface area contributed by atoms with Gasteiger partial charge < -0.3 is 10.2 Å². The van der Waals surface area contributed by atoms with Crippen LogP contribution in [0.5, 0.6) is 0 Å². The number of carboxylic acid groups (broad SMARTS) is 1. The Morgan fingerprint density at radius 2 is 2.20 bits per heavy atom. The molecule has 1 fully saturated rings. The van der Waals surface area contributed by atoms with Gasteiger partial charge in [-0.2, -0.15) is 0 Å². The zero-order valence-electron chi connectivity index (χ0n) is 5.87. The molecule has 0 aromatic carbocycles. The summed E-state index contributed by atoms with van der Waals surface area (Å²) >= 11 is 0. The molecule has 0 atom stereocenters. The molecule has 0 radical (unpaired) electrons. The highest BCUT2D eigenvalue weighted by atomic mass is 16.4. The number of nitrogens with zero attached hydrogens (tertiary/aromatic N) is 1. The Kier molecular flexibility index (Phi) is 1.66. The lowest BCUT2D eigenvalue weighted by Crippen LogP contribution is -2.65. The summed E-state index contributed by atoms with van der Waals surface area (Å²) in [5, 5.41) is 17.6. The summed E-state index contributed by atoms with van der Waals surface area (Å²) in [5.74, 6) is -1.11. The predicted molar refractivity (Wildman–Crippen MR) is 34.7 cm³/mol. The number of hydrogen-bond acceptors (Lipinski definition) is 3. The van der Waals surface area contributed by atoms with Crippen LogP contribution in [0.1, 0.15) is 6.92 Å². The third-order valence-corrected chi connectivity index (χ3v) is 1.82. The number of hydrogen-bond donors (Lipinski definition) is 2. The van der Waals surface area contributed by atoms with E-state index in [1.165, 1.54) is 0 Å². The molecule has 2 N–H and O–H groups in total. The lowest BCUT2D eigenvalue weighted by Gasteiger charge is -2.42. The van der Waals surface area contributed by atoms with Gasteiger partial charge in [-0.15, -0.1) is 0 Å². The molecular weight excluding hydrogens is 134 g/mol. The maximum Gasteiger partial charge on any atom is 0.338 e. The van der Waals surface area contributed by atoms with Gasteiger partial charge in [0.25, 0.3) is 0 Å². The first kappa shape index (κ1) is 7.50. The molecule has 0 saturated carbocycles. The Bertz CT molecular complexity index is 151. The van der Waals surface area contributed by atoms with Gasteiger partial charge in [0.2, 0.25) is 0 Å². The molecule has 0 aromatic rings. The smallest absolute Gasteiger partial charge is 0.338 e. The largest absolute Gasteiger partial charge is 0.479 e. The van der Waals surface area contributed by atoms with E-state index in [2.05, 4.69) is 0 Å². The minimum Gasteiger partial charge on any atom is -0.479 e. The number of aliphatic carboxylic acids is 1. The van der Waals surface area contributed by atoms with E-state index in [4.69, 9.17) is 10.2 Å². The molecule has 0 amide bonds. The maximum absolute atomic E-state index is 10.3. The number of rotatable bonds is 2. The lowest BCUT2D eigenvalue weighted by atomic mass is 9.95. The van der Waals surface area contributed by atoms with Crippen molar-refractivity contribution in [2.75, 3.05) is 19.6 Å². The Morgan fingerprint density at radius 3 is 2.50 bits per heavy atom. The van der Waals surface area contributed by atoms with Crippen molar-refractivity contribution in [2.45, 2.75) is 12.5 Å². The van der Waals surface area contributed by atoms with Crippen LogP contribution < -0.4 is 0 Å². The molecule has 0 unspecified atom stereocenters. The van der Waals surface area contributed by atoms with E-state index in [0.717, 1.165) is 6.54 Å². The fraction of sp³-hybridized carbons (Fsp3) is 0.833. The van der Waals surface area contributed by atoms with Gasteiger partial charge in [0.05, 0.1) is 0 Å². The van der Waals surface area contributed by atoms with Crippen LogP contribution in [0.15, 0.2) is 0 Å². The quantitative estimate of drug-likeness (QED) is 0.530. The number of β-amino-alcohol motifs (C(OH)–C–C–N with tert-alkyl or cyclic N) is 1. The highest BCUT2D eigenvalue weighted by molar-refractivity contribution is 5.79. The molecule has 0 aliphatic carbocycles. The van der Waals surface area contributed by atoms with Gasteiger partial charge >= 0.3 is 5.97 Å². The molecule has 0 spiro atoms. The molecule has 1 aliphatic rings. The molecule has 1 aliphatic heterocycles. The number of likely N-dealkylation sites (N-methyl/N-ethyl adjacent to an activating group) is 1. The van der Waals surface area contributed by atoms with Crippen LogP contribution in [-0.2, 0) is 4.79 Å². The molecule has 1 rings (SSSR count). The lowest BCUT2D eigenvalue weighted by molar-refractivity contribution is -0.177. The van der Waals surface area contributed by atoms with Crippen molar-refractivity contribution in [1.29, 1.82) is 0 Å². The fourth-order valence-electron chi connectivity index (χ4n) is 1.05. The van der Waals surface area contributed by atoms with Crippen molar-refractivity contribution in [3.63, 3.8) is 0 Å². The van der Waals surface area contributed by atoms with Gasteiger partial charge in [-0.3, -0.25) is 4.90 Å². The average molecular weight is 145 g/mol. The van der Waals surface area contributed by atoms with Gasteiger partial charge in [0.1, 0.15) is 0 Å². The summed E-state index contributed by atoms with van der Waals surface area (Å²) in [7, 11) is 0. The summed E-state index contributed by atoms with van der Waals surface area (Å²) in [6, 6.07) is 0. The van der Waals surface area contributed by atoms with E-state index < -0.39 is 11.6 Å². The van der Waals surface area contributed by atoms with Crippen LogP contribution in [0.3, 0.4) is 0 Å². The number of likely N-dealkylation sites (tertiary alicyclic amines) is 1. The normalized spacial score (nSPS) is 23.8. The monoisotopic (exact) mass is 145 g/mol. The van der Waals surface area contributed by atoms with Gasteiger partial charge in [0.15, 0.2) is 5.60 Å². The number of aliphatic hydroxyl groups is 1. The van der Waals surface area contributed by atoms with Gasteiger partial charge in [-0.05, 0) is 6.54 Å². The Morgan fingerprint density at radius 1 is 1.70 bits per heavy atom. The summed E-state index contributed by atoms with van der Waals surface area (Å²) in [5.41, 5.74) is -1.46. The van der Waals surface area contributed by atoms with E-state index in [-0.39, 0.29) is 13.1 Å². The summed E-state index contributed by atoms with van der Waals surface area (Å²) in [6.45, 7) is 3.26. The number of carbonyl (C=O) groups is 1. The highest BCUT2D eigenvalue weighted by Gasteiger charge is 2.47. The van der Waals surface area contributed by atoms with Crippen LogP contribution >= 0.6 is 0 Å². The van der Waals surface area contributed by atoms with Gasteiger partial charge in [-0.25, -0.2) is 4.79 Å². The molecule has 0 bridgehead atoms. The van der Waals surface area contributed by atoms with Crippen molar-refractivity contribution >= 4 is 5.97 Å². The van der Waals surface area contributed by atoms with Crippen molar-refractivity contribution in [3.8, 4) is 0 Å². The molecular formula is C6H11NO3. The highest BCUT2D eigenvalue weighted by Crippen LogP contribution is 2.19. The van der Waals surface area contributed by atoms with Gasteiger partial charge in [-0.1, -0.05) is 6.92 Å². The second-order valence-electron chi connectivity index (χ2n) is 2.64. The Balaban J connectivity index is 2.42. The number of carboxylic acids is 1.